The summed E-state index contributed by atoms with van der Waals surface area (Å²) in [6, 6.07) is 10.6. The summed E-state index contributed by atoms with van der Waals surface area (Å²) in [7, 11) is 1.57. The van der Waals surface area contributed by atoms with Gasteiger partial charge in [-0.3, -0.25) is 0 Å². The van der Waals surface area contributed by atoms with Crippen LogP contribution < -0.4 is 10.6 Å². The van der Waals surface area contributed by atoms with Gasteiger partial charge in [0.2, 0.25) is 5.96 Å². The molecule has 2 aromatic carbocycles. The smallest absolute Gasteiger partial charge is 0.369 e. The molecule has 3 nitrogen and oxygen atoms in total. The molecule has 0 aromatic heterocycles. The Kier molecular flexibility index (Phi) is 5.82. The highest BCUT2D eigenvalue weighted by Gasteiger charge is 2.30. The second-order valence-corrected chi connectivity index (χ2v) is 6.63. The number of thioether (sulfide) groups is 1. The van der Waals surface area contributed by atoms with Crippen LogP contribution in [0.25, 0.3) is 0 Å². The molecular formula is C16H15BrF3N3S. The molecule has 0 saturated heterocycles. The molecule has 0 spiro atoms. The minimum Gasteiger partial charge on any atom is -0.369 e. The molecule has 0 heterocycles. The molecule has 0 amide bonds. The van der Waals surface area contributed by atoms with Crippen LogP contribution in [0.4, 0.5) is 24.5 Å². The zero-order chi connectivity index (χ0) is 17.9. The molecular weight excluding hydrogens is 403 g/mol. The fraction of sp³-hybridized carbons (Fsp3) is 0.188. The predicted octanol–water partition coefficient (Wildman–Crippen LogP) is 5.27. The number of nitrogens with two attached hydrogens (primary N) is 1. The van der Waals surface area contributed by atoms with E-state index in [4.69, 9.17) is 5.73 Å². The predicted molar refractivity (Wildman–Crippen MR) is 97.1 cm³/mol. The van der Waals surface area contributed by atoms with E-state index in [0.717, 1.165) is 21.5 Å². The summed E-state index contributed by atoms with van der Waals surface area (Å²) in [6.45, 7) is 0. The van der Waals surface area contributed by atoms with Crippen molar-refractivity contribution in [1.29, 1.82) is 0 Å². The quantitative estimate of drug-likeness (QED) is 0.420. The largest absolute Gasteiger partial charge is 0.416 e. The first-order chi connectivity index (χ1) is 11.2. The second kappa shape index (κ2) is 7.48. The van der Waals surface area contributed by atoms with Crippen LogP contribution in [-0.4, -0.2) is 19.3 Å². The number of alkyl halides is 3. The molecule has 8 heteroatoms. The van der Waals surface area contributed by atoms with E-state index >= 15 is 0 Å². The number of hydrogen-bond donors (Lipinski definition) is 1. The highest BCUT2D eigenvalue weighted by molar-refractivity contribution is 9.10. The molecule has 0 aliphatic heterocycles. The Hall–Kier alpha value is -1.67. The van der Waals surface area contributed by atoms with Gasteiger partial charge in [0.15, 0.2) is 0 Å². The average molecular weight is 418 g/mol. The van der Waals surface area contributed by atoms with Crippen molar-refractivity contribution in [3.05, 3.63) is 52.5 Å². The van der Waals surface area contributed by atoms with E-state index in [2.05, 4.69) is 20.9 Å². The minimum absolute atomic E-state index is 0.0910. The molecule has 24 heavy (non-hydrogen) atoms. The van der Waals surface area contributed by atoms with Crippen molar-refractivity contribution in [3.8, 4) is 0 Å². The van der Waals surface area contributed by atoms with Gasteiger partial charge in [-0.25, -0.2) is 4.99 Å². The molecule has 0 fully saturated rings. The Morgan fingerprint density at radius 2 is 1.92 bits per heavy atom. The summed E-state index contributed by atoms with van der Waals surface area (Å²) in [5.74, 6) is 0.0910. The molecule has 0 atom stereocenters. The van der Waals surface area contributed by atoms with E-state index in [-0.39, 0.29) is 5.96 Å². The monoisotopic (exact) mass is 417 g/mol. The van der Waals surface area contributed by atoms with Gasteiger partial charge >= 0.3 is 6.18 Å². The number of halogens is 4. The van der Waals surface area contributed by atoms with Crippen LogP contribution in [-0.2, 0) is 6.18 Å². The van der Waals surface area contributed by atoms with E-state index < -0.39 is 11.7 Å². The molecule has 0 unspecified atom stereocenters. The number of hydrogen-bond acceptors (Lipinski definition) is 2. The molecule has 0 saturated carbocycles. The number of aliphatic imine (C=N–C) groups is 1. The van der Waals surface area contributed by atoms with Gasteiger partial charge in [-0.2, -0.15) is 13.2 Å². The lowest BCUT2D eigenvalue weighted by Gasteiger charge is -2.19. The van der Waals surface area contributed by atoms with Gasteiger partial charge in [-0.15, -0.1) is 11.8 Å². The maximum Gasteiger partial charge on any atom is 0.416 e. The number of rotatable bonds is 3. The Morgan fingerprint density at radius 3 is 2.54 bits per heavy atom. The van der Waals surface area contributed by atoms with E-state index in [1.165, 1.54) is 11.0 Å². The van der Waals surface area contributed by atoms with E-state index in [9.17, 15) is 13.2 Å². The molecule has 128 valence electrons. The van der Waals surface area contributed by atoms with Gasteiger partial charge in [0.05, 0.1) is 11.3 Å². The summed E-state index contributed by atoms with van der Waals surface area (Å²) in [6.07, 6.45) is -2.46. The Balaban J connectivity index is 2.34. The van der Waals surface area contributed by atoms with Crippen LogP contribution in [0.15, 0.2) is 56.8 Å². The van der Waals surface area contributed by atoms with E-state index in [0.29, 0.717) is 11.4 Å². The van der Waals surface area contributed by atoms with Gasteiger partial charge in [0.25, 0.3) is 0 Å². The lowest BCUT2D eigenvalue weighted by atomic mass is 10.2. The van der Waals surface area contributed by atoms with E-state index in [1.54, 1.807) is 24.9 Å². The topological polar surface area (TPSA) is 41.6 Å². The molecule has 2 aromatic rings. The SMILES string of the molecule is CSc1ccc(Br)c(N=C(N)N(C)c2cccc(C(F)(F)F)c2)c1. The molecule has 0 aliphatic rings. The van der Waals surface area contributed by atoms with Crippen molar-refractivity contribution in [3.63, 3.8) is 0 Å². The van der Waals surface area contributed by atoms with Crippen molar-refractivity contribution >= 4 is 45.0 Å². The fourth-order valence-electron chi connectivity index (χ4n) is 1.93. The highest BCUT2D eigenvalue weighted by atomic mass is 79.9. The van der Waals surface area contributed by atoms with Crippen LogP contribution >= 0.6 is 27.7 Å². The molecule has 0 bridgehead atoms. The molecule has 0 radical (unpaired) electrons. The Morgan fingerprint density at radius 1 is 1.21 bits per heavy atom. The third kappa shape index (κ3) is 4.45. The molecule has 2 rings (SSSR count). The van der Waals surface area contributed by atoms with Crippen molar-refractivity contribution in [2.75, 3.05) is 18.2 Å². The van der Waals surface area contributed by atoms with Crippen LogP contribution in [0, 0.1) is 0 Å². The first-order valence-electron chi connectivity index (χ1n) is 6.81. The van der Waals surface area contributed by atoms with Gasteiger partial charge in [0, 0.05) is 22.1 Å². The molecule has 2 N–H and O–H groups in total. The third-order valence-corrected chi connectivity index (χ3v) is 4.69. The maximum atomic E-state index is 12.8. The van der Waals surface area contributed by atoms with Gasteiger partial charge in [0.1, 0.15) is 0 Å². The van der Waals surface area contributed by atoms with E-state index in [1.807, 2.05) is 24.5 Å². The maximum absolute atomic E-state index is 12.8. The first kappa shape index (κ1) is 18.7. The van der Waals surface area contributed by atoms with Crippen molar-refractivity contribution in [2.24, 2.45) is 10.7 Å². The number of nitrogens with zero attached hydrogens (tertiary/aromatic N) is 2. The van der Waals surface area contributed by atoms with Crippen LogP contribution in [0.1, 0.15) is 5.56 Å². The summed E-state index contributed by atoms with van der Waals surface area (Å²) in [5.41, 5.74) is 6.15. The summed E-state index contributed by atoms with van der Waals surface area (Å²) in [5, 5.41) is 0. The number of benzene rings is 2. The second-order valence-electron chi connectivity index (χ2n) is 4.89. The summed E-state index contributed by atoms with van der Waals surface area (Å²) in [4.78, 5) is 6.73. The summed E-state index contributed by atoms with van der Waals surface area (Å²) < 4.78 is 39.2. The van der Waals surface area contributed by atoms with Gasteiger partial charge < -0.3 is 10.6 Å². The lowest BCUT2D eigenvalue weighted by molar-refractivity contribution is -0.137. The standard InChI is InChI=1S/C16H15BrF3N3S/c1-23(11-5-3-4-10(8-11)16(18,19)20)15(21)22-14-9-12(24-2)6-7-13(14)17/h3-9H,1-2H3,(H2,21,22). The number of guanidine groups is 1. The number of anilines is 1. The highest BCUT2D eigenvalue weighted by Crippen LogP contribution is 2.32. The zero-order valence-electron chi connectivity index (χ0n) is 12.9. The zero-order valence-corrected chi connectivity index (χ0v) is 15.3. The fourth-order valence-corrected chi connectivity index (χ4v) is 2.70. The van der Waals surface area contributed by atoms with Crippen LogP contribution in [0.5, 0.6) is 0 Å². The summed E-state index contributed by atoms with van der Waals surface area (Å²) >= 11 is 4.95. The van der Waals surface area contributed by atoms with Crippen molar-refractivity contribution in [2.45, 2.75) is 11.1 Å². The lowest BCUT2D eigenvalue weighted by Crippen LogP contribution is -2.33. The van der Waals surface area contributed by atoms with Crippen molar-refractivity contribution in [1.82, 2.24) is 0 Å². The van der Waals surface area contributed by atoms with Crippen molar-refractivity contribution < 1.29 is 13.2 Å². The van der Waals surface area contributed by atoms with Crippen LogP contribution in [0.2, 0.25) is 0 Å². The Labute approximate surface area is 150 Å². The normalized spacial score (nSPS) is 12.3. The third-order valence-electron chi connectivity index (χ3n) is 3.29. The Bertz CT molecular complexity index is 762. The first-order valence-corrected chi connectivity index (χ1v) is 8.83. The van der Waals surface area contributed by atoms with Gasteiger partial charge in [-0.05, 0) is 58.6 Å². The average Bonchev–Trinajstić information content (AvgIpc) is 2.55. The molecule has 0 aliphatic carbocycles. The minimum atomic E-state index is -4.40. The van der Waals surface area contributed by atoms with Crippen LogP contribution in [0.3, 0.4) is 0 Å². The van der Waals surface area contributed by atoms with Gasteiger partial charge in [-0.1, -0.05) is 6.07 Å².